The highest BCUT2D eigenvalue weighted by atomic mass is 33.1. The van der Waals surface area contributed by atoms with Gasteiger partial charge in [-0.2, -0.15) is 0 Å². The van der Waals surface area contributed by atoms with Gasteiger partial charge in [0.15, 0.2) is 0 Å². The average Bonchev–Trinajstić information content (AvgIpc) is 0.902. The number of amides is 2. The summed E-state index contributed by atoms with van der Waals surface area (Å²) >= 11 is 0. The van der Waals surface area contributed by atoms with Gasteiger partial charge in [0.1, 0.15) is 0 Å². The summed E-state index contributed by atoms with van der Waals surface area (Å²) in [4.78, 5) is 55.3. The van der Waals surface area contributed by atoms with Crippen molar-refractivity contribution >= 4 is 60.8 Å². The number of phosphoric ester groups is 2. The largest absolute Gasteiger partial charge is 0.862 e. The van der Waals surface area contributed by atoms with Crippen LogP contribution in [0.25, 0.3) is 0 Å². The Bertz CT molecular complexity index is 1900. The number of hydrogen-bond donors (Lipinski definition) is 6. The van der Waals surface area contributed by atoms with Crippen LogP contribution in [0.4, 0.5) is 0 Å². The van der Waals surface area contributed by atoms with Crippen molar-refractivity contribution in [2.75, 3.05) is 51.0 Å². The molecule has 6 N–H and O–H groups in total. The van der Waals surface area contributed by atoms with E-state index in [-0.39, 0.29) is 51.0 Å². The number of rotatable bonds is 85. The van der Waals surface area contributed by atoms with Crippen LogP contribution in [0.3, 0.4) is 0 Å². The van der Waals surface area contributed by atoms with Gasteiger partial charge in [-0.1, -0.05) is 396 Å². The molecule has 0 spiro atoms. The molecule has 2 amide bonds. The molecule has 18 nitrogen and oxygen atoms in total. The van der Waals surface area contributed by atoms with Gasteiger partial charge < -0.3 is 50.8 Å². The van der Waals surface area contributed by atoms with E-state index in [1.807, 2.05) is 0 Å². The van der Waals surface area contributed by atoms with Crippen LogP contribution in [-0.2, 0) is 36.8 Å². The van der Waals surface area contributed by atoms with Crippen molar-refractivity contribution in [3.63, 3.8) is 0 Å². The highest BCUT2D eigenvalue weighted by Gasteiger charge is 2.30. The Morgan fingerprint density at radius 3 is 0.779 bits per heavy atom. The molecule has 0 saturated heterocycles. The van der Waals surface area contributed by atoms with Crippen molar-refractivity contribution in [3.8, 4) is 0 Å². The van der Waals surface area contributed by atoms with E-state index in [4.69, 9.17) is 18.1 Å². The molecule has 0 aliphatic heterocycles. The third-order valence-corrected chi connectivity index (χ3v) is 24.2. The zero-order chi connectivity index (χ0) is 76.2. The normalized spacial score (nSPS) is 14.5. The first-order chi connectivity index (χ1) is 50.6. The number of nitrogens with one attached hydrogen (secondary N) is 2. The number of carbonyl (C=O) groups excluding carboxylic acids is 2. The first-order valence-corrected chi connectivity index (χ1v) is 48.9. The Hall–Kier alpha value is -1.28. The first kappa shape index (κ1) is 103. The van der Waals surface area contributed by atoms with E-state index in [2.05, 4.69) is 48.3 Å². The van der Waals surface area contributed by atoms with E-state index < -0.39 is 64.9 Å². The topological polar surface area (TPSA) is 281 Å². The van der Waals surface area contributed by atoms with Gasteiger partial charge in [0.2, 0.25) is 11.8 Å². The molecule has 0 aliphatic carbocycles. The predicted octanol–water partition coefficient (Wildman–Crippen LogP) is 22.1. The molecule has 2 unspecified atom stereocenters. The molecular weight excluding hydrogens is 1390 g/mol. The molecule has 0 aromatic heterocycles. The summed E-state index contributed by atoms with van der Waals surface area (Å²) in [6.45, 7) is 7.08. The first-order valence-electron chi connectivity index (χ1n) is 43.4. The van der Waals surface area contributed by atoms with Crippen LogP contribution in [0.5, 0.6) is 0 Å². The Labute approximate surface area is 645 Å². The standard InChI is InChI=1S/C82H164N4O14P2S2/c1-5-9-13-17-21-25-29-33-35-39-43-47-51-55-59-63-81(91)85-75(77(87)61-57-53-49-45-41-37-31-27-23-19-15-11-7-3)73-99-101(93,94)97-69-67-83-79(89)65-71-103-104-72-66-80(90)84-68-70-98-102(95,96)100-74-76(78(88)62-58-54-50-46-42-38-32-28-24-20-16-12-8-4)86-82(92)64-60-56-52-48-44-40-36-34-30-26-22-18-14-10-6-2/h75-78,87-88H,5-74H2,1-4H3,(H,83,89)(H,84,90)(H,85,91)(H,86,92)(H,93,94)(H,95,96)/p-2/t75-,76-,77+,78+/m0/s1. The maximum absolute atomic E-state index is 13.1. The van der Waals surface area contributed by atoms with Crippen LogP contribution in [0.15, 0.2) is 9.98 Å². The smallest absolute Gasteiger partial charge is 0.472 e. The Kier molecular flexibility index (Phi) is 77.4. The van der Waals surface area contributed by atoms with Gasteiger partial charge in [0.05, 0.1) is 63.8 Å². The number of carbonyl (C=O) groups is 2. The SMILES string of the molecule is CCCCCCCCCCCCCCCCCC(=O)N[C@@H](COP(=O)(O)OCCN=C([O-])CCSSCCC([O-])=NCCOP(=O)(O)OC[C@H](NC(=O)CCCCCCCCCCCCCCCCC)[C@H](O)CCCCCCCCCCCCCCC)[C@H](O)CCCCCCCCCCCCCCC. The lowest BCUT2D eigenvalue weighted by Gasteiger charge is -2.25. The number of hydrogen-bond acceptors (Lipinski definition) is 16. The number of aliphatic imine (C=N–C) groups is 2. The lowest BCUT2D eigenvalue weighted by Crippen LogP contribution is -2.46. The van der Waals surface area contributed by atoms with Gasteiger partial charge >= 0.3 is 15.6 Å². The maximum Gasteiger partial charge on any atom is 0.472 e. The fraction of sp³-hybridized carbons (Fsp3) is 0.951. The molecule has 104 heavy (non-hydrogen) atoms. The molecule has 618 valence electrons. The Morgan fingerprint density at radius 2 is 0.548 bits per heavy atom. The van der Waals surface area contributed by atoms with Crippen molar-refractivity contribution in [1.82, 2.24) is 10.6 Å². The fourth-order valence-corrected chi connectivity index (χ4v) is 16.6. The van der Waals surface area contributed by atoms with Crippen LogP contribution in [0, 0.1) is 0 Å². The predicted molar refractivity (Wildman–Crippen MR) is 438 cm³/mol. The lowest BCUT2D eigenvalue weighted by atomic mass is 10.0. The number of nitrogens with zero attached hydrogens (tertiary/aromatic N) is 2. The van der Waals surface area contributed by atoms with Gasteiger partial charge in [-0.3, -0.25) is 27.7 Å². The lowest BCUT2D eigenvalue weighted by molar-refractivity contribution is -0.219. The molecular formula is C82H162N4O14P2S2-2. The third-order valence-electron chi connectivity index (χ3n) is 19.8. The van der Waals surface area contributed by atoms with E-state index in [9.17, 15) is 48.9 Å². The molecule has 0 heterocycles. The van der Waals surface area contributed by atoms with Gasteiger partial charge in [-0.05, 0) is 50.3 Å². The van der Waals surface area contributed by atoms with Gasteiger partial charge in [0.25, 0.3) is 0 Å². The second-order valence-electron chi connectivity index (χ2n) is 29.8. The molecule has 6 atom stereocenters. The second kappa shape index (κ2) is 78.4. The summed E-state index contributed by atoms with van der Waals surface area (Å²) < 4.78 is 46.9. The molecule has 0 saturated carbocycles. The minimum absolute atomic E-state index is 0.0902. The van der Waals surface area contributed by atoms with Crippen LogP contribution in [0.2, 0.25) is 0 Å². The highest BCUT2D eigenvalue weighted by molar-refractivity contribution is 8.76. The summed E-state index contributed by atoms with van der Waals surface area (Å²) in [5.41, 5.74) is 0. The quantitative estimate of drug-likeness (QED) is 0.0109. The van der Waals surface area contributed by atoms with Crippen LogP contribution in [0.1, 0.15) is 426 Å². The molecule has 0 aliphatic rings. The van der Waals surface area contributed by atoms with E-state index in [0.717, 1.165) is 103 Å². The molecule has 22 heteroatoms. The minimum Gasteiger partial charge on any atom is -0.862 e. The van der Waals surface area contributed by atoms with Crippen molar-refractivity contribution < 1.29 is 67.0 Å². The van der Waals surface area contributed by atoms with Crippen LogP contribution < -0.4 is 20.8 Å². The van der Waals surface area contributed by atoms with Crippen LogP contribution in [-0.4, -0.2) is 119 Å². The van der Waals surface area contributed by atoms with Gasteiger partial charge in [-0.15, -0.1) is 0 Å². The number of aliphatic hydroxyl groups excluding tert-OH is 2. The van der Waals surface area contributed by atoms with E-state index in [1.54, 1.807) is 0 Å². The van der Waals surface area contributed by atoms with Gasteiger partial charge in [-0.25, -0.2) is 9.13 Å². The molecule has 0 fully saturated rings. The average molecular weight is 1550 g/mol. The summed E-state index contributed by atoms with van der Waals surface area (Å²) in [5, 5.41) is 53.3. The van der Waals surface area contributed by atoms with Crippen molar-refractivity contribution in [1.29, 1.82) is 0 Å². The summed E-state index contributed by atoms with van der Waals surface area (Å²) in [7, 11) is -6.50. The van der Waals surface area contributed by atoms with Crippen molar-refractivity contribution in [2.45, 2.75) is 450 Å². The van der Waals surface area contributed by atoms with Crippen molar-refractivity contribution in [2.24, 2.45) is 9.98 Å². The Balaban J connectivity index is 4.92. The fourth-order valence-electron chi connectivity index (χ4n) is 13.1. The van der Waals surface area contributed by atoms with Crippen molar-refractivity contribution in [3.05, 3.63) is 0 Å². The molecule has 0 radical (unpaired) electrons. The molecule has 0 aromatic carbocycles. The number of phosphoric acid groups is 2. The Morgan fingerprint density at radius 1 is 0.337 bits per heavy atom. The molecule has 0 aromatic rings. The zero-order valence-electron chi connectivity index (χ0n) is 67.3. The maximum atomic E-state index is 13.1. The van der Waals surface area contributed by atoms with Crippen LogP contribution >= 0.6 is 37.2 Å². The summed E-state index contributed by atoms with van der Waals surface area (Å²) in [6.07, 6.45) is 67.5. The zero-order valence-corrected chi connectivity index (χ0v) is 70.7. The van der Waals surface area contributed by atoms with E-state index in [0.29, 0.717) is 37.2 Å². The second-order valence-corrected chi connectivity index (χ2v) is 35.4. The molecule has 0 rings (SSSR count). The summed E-state index contributed by atoms with van der Waals surface area (Å²) in [5.74, 6) is -0.517. The highest BCUT2D eigenvalue weighted by Crippen LogP contribution is 2.44. The monoisotopic (exact) mass is 1550 g/mol. The third kappa shape index (κ3) is 74.8. The van der Waals surface area contributed by atoms with E-state index in [1.165, 1.54) is 278 Å². The van der Waals surface area contributed by atoms with E-state index >= 15 is 0 Å². The minimum atomic E-state index is -4.63. The van der Waals surface area contributed by atoms with Gasteiger partial charge in [0, 0.05) is 24.3 Å². The number of unbranched alkanes of at least 4 members (excludes halogenated alkanes) is 52. The number of aliphatic hydroxyl groups is 2. The summed E-state index contributed by atoms with van der Waals surface area (Å²) in [6, 6.07) is -1.80. The molecule has 0 bridgehead atoms.